The van der Waals surface area contributed by atoms with Crippen LogP contribution < -0.4 is 5.32 Å². The van der Waals surface area contributed by atoms with Crippen LogP contribution in [0.2, 0.25) is 0 Å². The van der Waals surface area contributed by atoms with Gasteiger partial charge >= 0.3 is 30.0 Å². The van der Waals surface area contributed by atoms with E-state index in [-0.39, 0.29) is 26.2 Å². The van der Waals surface area contributed by atoms with Crippen molar-refractivity contribution in [3.8, 4) is 0 Å². The van der Waals surface area contributed by atoms with Crippen LogP contribution in [0.15, 0.2) is 0 Å². The molecule has 1 rings (SSSR count). The third kappa shape index (κ3) is 12.6. The molecule has 0 aromatic carbocycles. The molecule has 0 radical (unpaired) electrons. The number of hydrogen-bond donors (Lipinski definition) is 3. The number of carbonyl (C=O) groups is 5. The third-order valence-electron chi connectivity index (χ3n) is 5.92. The minimum absolute atomic E-state index is 0.0133. The Morgan fingerprint density at radius 1 is 0.854 bits per heavy atom. The molecule has 0 spiro atoms. The zero-order valence-corrected chi connectivity index (χ0v) is 24.8. The first-order valence-corrected chi connectivity index (χ1v) is 13.1. The van der Waals surface area contributed by atoms with Crippen molar-refractivity contribution in [3.05, 3.63) is 0 Å². The molecule has 1 saturated heterocycles. The first-order chi connectivity index (χ1) is 18.9. The molecule has 236 valence electrons. The van der Waals surface area contributed by atoms with E-state index in [2.05, 4.69) is 5.32 Å². The second-order valence-electron chi connectivity index (χ2n) is 10.7. The Morgan fingerprint density at radius 3 is 1.90 bits per heavy atom. The average Bonchev–Trinajstić information content (AvgIpc) is 2.82. The van der Waals surface area contributed by atoms with Crippen molar-refractivity contribution in [1.82, 2.24) is 5.32 Å². The van der Waals surface area contributed by atoms with Crippen LogP contribution in [-0.4, -0.2) is 114 Å². The SMILES string of the molecule is CC(=O)OCC1O[C@@H](C(C)(C)OCCC(C)(C)OC(=O)NCC(O)CO)C(OC(C)=O)C(OC(C)=O)[C@@H]1OC(C)=O. The highest BCUT2D eigenvalue weighted by molar-refractivity contribution is 5.69. The topological polar surface area (TPSA) is 202 Å². The smallest absolute Gasteiger partial charge is 0.407 e. The maximum atomic E-state index is 12.1. The molecule has 41 heavy (non-hydrogen) atoms. The highest BCUT2D eigenvalue weighted by atomic mass is 16.7. The zero-order valence-electron chi connectivity index (χ0n) is 24.8. The van der Waals surface area contributed by atoms with E-state index in [1.54, 1.807) is 27.7 Å². The number of aliphatic hydroxyl groups excluding tert-OH is 2. The highest BCUT2D eigenvalue weighted by Crippen LogP contribution is 2.36. The van der Waals surface area contributed by atoms with Gasteiger partial charge in [0.25, 0.3) is 0 Å². The van der Waals surface area contributed by atoms with E-state index >= 15 is 0 Å². The fourth-order valence-corrected chi connectivity index (χ4v) is 4.03. The predicted molar refractivity (Wildman–Crippen MR) is 138 cm³/mol. The molecule has 0 saturated carbocycles. The van der Waals surface area contributed by atoms with Crippen LogP contribution in [0.4, 0.5) is 4.79 Å². The largest absolute Gasteiger partial charge is 0.463 e. The standard InChI is InChI=1S/C26H43NO14/c1-14(29)35-13-19-20(37-15(2)30)21(38-16(3)31)22(39-17(4)32)23(40-19)26(7,8)36-10-9-25(5,6)41-24(34)27-11-18(33)12-28/h18-23,28,33H,9-13H2,1-8H3,(H,27,34)/t18?,19?,20-,21?,22?,23-/m1/s1. The fraction of sp³-hybridized carbons (Fsp3) is 0.808. The monoisotopic (exact) mass is 593 g/mol. The molecule has 15 nitrogen and oxygen atoms in total. The Hall–Kier alpha value is -3.01. The van der Waals surface area contributed by atoms with E-state index < -0.39 is 84.4 Å². The van der Waals surface area contributed by atoms with Crippen LogP contribution in [0.3, 0.4) is 0 Å². The number of aliphatic hydroxyl groups is 2. The summed E-state index contributed by atoms with van der Waals surface area (Å²) in [5.41, 5.74) is -2.27. The van der Waals surface area contributed by atoms with Gasteiger partial charge in [0.2, 0.25) is 0 Å². The van der Waals surface area contributed by atoms with Crippen molar-refractivity contribution in [2.24, 2.45) is 0 Å². The number of hydrogen-bond acceptors (Lipinski definition) is 14. The van der Waals surface area contributed by atoms with E-state index in [0.29, 0.717) is 0 Å². The number of nitrogens with one attached hydrogen (secondary N) is 1. The van der Waals surface area contributed by atoms with Crippen molar-refractivity contribution < 1.29 is 67.3 Å². The Kier molecular flexibility index (Phi) is 13.9. The predicted octanol–water partition coefficient (Wildman–Crippen LogP) is 0.155. The Balaban J connectivity index is 3.18. The van der Waals surface area contributed by atoms with E-state index in [1.165, 1.54) is 6.92 Å². The van der Waals surface area contributed by atoms with Crippen LogP contribution in [0.5, 0.6) is 0 Å². The van der Waals surface area contributed by atoms with Gasteiger partial charge in [0, 0.05) is 40.7 Å². The second kappa shape index (κ2) is 15.8. The lowest BCUT2D eigenvalue weighted by Crippen LogP contribution is -2.67. The van der Waals surface area contributed by atoms with Crippen molar-refractivity contribution in [1.29, 1.82) is 0 Å². The van der Waals surface area contributed by atoms with Gasteiger partial charge in [-0.1, -0.05) is 0 Å². The lowest BCUT2D eigenvalue weighted by atomic mass is 9.86. The van der Waals surface area contributed by atoms with Crippen molar-refractivity contribution in [3.63, 3.8) is 0 Å². The third-order valence-corrected chi connectivity index (χ3v) is 5.92. The van der Waals surface area contributed by atoms with Gasteiger partial charge in [0.15, 0.2) is 18.3 Å². The summed E-state index contributed by atoms with van der Waals surface area (Å²) in [5.74, 6) is -2.86. The van der Waals surface area contributed by atoms with Crippen LogP contribution in [0.25, 0.3) is 0 Å². The van der Waals surface area contributed by atoms with Crippen molar-refractivity contribution >= 4 is 30.0 Å². The molecule has 0 aliphatic carbocycles. The number of carbonyl (C=O) groups excluding carboxylic acids is 5. The van der Waals surface area contributed by atoms with Gasteiger partial charge in [0.05, 0.1) is 24.9 Å². The molecule has 1 aliphatic rings. The lowest BCUT2D eigenvalue weighted by molar-refractivity contribution is -0.283. The number of amides is 1. The van der Waals surface area contributed by atoms with Gasteiger partial charge in [-0.05, 0) is 27.7 Å². The molecule has 1 aliphatic heterocycles. The molecule has 0 aromatic heterocycles. The first kappa shape index (κ1) is 36.0. The Labute approximate surface area is 239 Å². The number of rotatable bonds is 14. The van der Waals surface area contributed by atoms with Gasteiger partial charge in [-0.25, -0.2) is 4.79 Å². The van der Waals surface area contributed by atoms with Gasteiger partial charge in [-0.15, -0.1) is 0 Å². The van der Waals surface area contributed by atoms with Crippen LogP contribution >= 0.6 is 0 Å². The molecule has 0 aromatic rings. The number of ether oxygens (including phenoxy) is 7. The summed E-state index contributed by atoms with van der Waals surface area (Å²) >= 11 is 0. The summed E-state index contributed by atoms with van der Waals surface area (Å²) in [4.78, 5) is 59.6. The molecular weight excluding hydrogens is 550 g/mol. The van der Waals surface area contributed by atoms with Gasteiger partial charge in [-0.2, -0.15) is 0 Å². The minimum Gasteiger partial charge on any atom is -0.463 e. The Bertz CT molecular complexity index is 920. The molecule has 0 bridgehead atoms. The molecule has 4 unspecified atom stereocenters. The van der Waals surface area contributed by atoms with Gasteiger partial charge in [-0.3, -0.25) is 19.2 Å². The highest BCUT2D eigenvalue weighted by Gasteiger charge is 2.56. The quantitative estimate of drug-likeness (QED) is 0.181. The fourth-order valence-electron chi connectivity index (χ4n) is 4.03. The molecule has 3 N–H and O–H groups in total. The average molecular weight is 594 g/mol. The molecular formula is C26H43NO14. The maximum absolute atomic E-state index is 12.1. The summed E-state index contributed by atoms with van der Waals surface area (Å²) in [6, 6.07) is 0. The molecule has 6 atom stereocenters. The normalized spacial score (nSPS) is 23.5. The maximum Gasteiger partial charge on any atom is 0.407 e. The summed E-state index contributed by atoms with van der Waals surface area (Å²) < 4.78 is 39.1. The summed E-state index contributed by atoms with van der Waals surface area (Å²) in [7, 11) is 0. The van der Waals surface area contributed by atoms with E-state index in [9.17, 15) is 29.1 Å². The summed E-state index contributed by atoms with van der Waals surface area (Å²) in [5, 5.41) is 20.6. The van der Waals surface area contributed by atoms with Crippen LogP contribution in [0, 0.1) is 0 Å². The zero-order chi connectivity index (χ0) is 31.5. The molecule has 15 heteroatoms. The molecule has 1 amide bonds. The number of esters is 4. The Morgan fingerprint density at radius 2 is 1.39 bits per heavy atom. The van der Waals surface area contributed by atoms with Crippen LogP contribution in [0.1, 0.15) is 61.8 Å². The van der Waals surface area contributed by atoms with Gasteiger partial charge in [0.1, 0.15) is 24.4 Å². The van der Waals surface area contributed by atoms with Crippen molar-refractivity contribution in [2.45, 2.75) is 110 Å². The van der Waals surface area contributed by atoms with Gasteiger partial charge < -0.3 is 48.7 Å². The lowest BCUT2D eigenvalue weighted by Gasteiger charge is -2.49. The number of alkyl carbamates (subject to hydrolysis) is 1. The van der Waals surface area contributed by atoms with E-state index in [4.69, 9.17) is 38.3 Å². The van der Waals surface area contributed by atoms with E-state index in [0.717, 1.165) is 20.8 Å². The second-order valence-corrected chi connectivity index (χ2v) is 10.7. The minimum atomic E-state index is -1.33. The first-order valence-electron chi connectivity index (χ1n) is 13.1. The molecule has 1 heterocycles. The summed E-state index contributed by atoms with van der Waals surface area (Å²) in [6.07, 6.45) is -7.89. The summed E-state index contributed by atoms with van der Waals surface area (Å²) in [6.45, 7) is 10.0. The van der Waals surface area contributed by atoms with Crippen LogP contribution in [-0.2, 0) is 52.3 Å². The molecule has 1 fully saturated rings. The van der Waals surface area contributed by atoms with Crippen molar-refractivity contribution in [2.75, 3.05) is 26.4 Å². The van der Waals surface area contributed by atoms with E-state index in [1.807, 2.05) is 0 Å².